The van der Waals surface area contributed by atoms with Gasteiger partial charge in [0.05, 0.1) is 18.0 Å². The van der Waals surface area contributed by atoms with Gasteiger partial charge in [-0.25, -0.2) is 13.1 Å². The van der Waals surface area contributed by atoms with Crippen molar-refractivity contribution in [1.29, 1.82) is 0 Å². The molecular formula is C16H22N4O3S. The Kier molecular flexibility index (Phi) is 5.15. The van der Waals surface area contributed by atoms with Crippen LogP contribution in [0.15, 0.2) is 36.5 Å². The fourth-order valence-electron chi connectivity index (χ4n) is 2.50. The van der Waals surface area contributed by atoms with Gasteiger partial charge in [0.15, 0.2) is 0 Å². The summed E-state index contributed by atoms with van der Waals surface area (Å²) in [6.07, 6.45) is 3.40. The van der Waals surface area contributed by atoms with Crippen molar-refractivity contribution in [2.24, 2.45) is 0 Å². The van der Waals surface area contributed by atoms with E-state index in [-0.39, 0.29) is 11.8 Å². The molecule has 0 amide bonds. The minimum absolute atomic E-state index is 0.0550. The molecule has 2 aromatic rings. The van der Waals surface area contributed by atoms with E-state index in [2.05, 4.69) is 10.3 Å². The van der Waals surface area contributed by atoms with E-state index in [0.29, 0.717) is 26.1 Å². The van der Waals surface area contributed by atoms with Gasteiger partial charge in [-0.3, -0.25) is 0 Å². The summed E-state index contributed by atoms with van der Waals surface area (Å²) in [5.74, 6) is 1.01. The second kappa shape index (κ2) is 7.31. The normalized spacial score (nSPS) is 16.0. The Morgan fingerprint density at radius 2 is 2.00 bits per heavy atom. The molecule has 24 heavy (non-hydrogen) atoms. The van der Waals surface area contributed by atoms with Crippen LogP contribution in [0.5, 0.6) is 5.75 Å². The molecule has 8 heteroatoms. The molecule has 0 aliphatic carbocycles. The number of hydrogen-bond acceptors (Lipinski definition) is 5. The van der Waals surface area contributed by atoms with Crippen molar-refractivity contribution in [1.82, 2.24) is 19.3 Å². The zero-order valence-electron chi connectivity index (χ0n) is 13.7. The molecule has 0 saturated carbocycles. The predicted octanol–water partition coefficient (Wildman–Crippen LogP) is 1.84. The average Bonchev–Trinajstić information content (AvgIpc) is 2.99. The number of sulfonamides is 1. The Morgan fingerprint density at radius 1 is 1.25 bits per heavy atom. The van der Waals surface area contributed by atoms with Crippen molar-refractivity contribution in [3.8, 4) is 5.75 Å². The highest BCUT2D eigenvalue weighted by Gasteiger charge is 2.36. The molecule has 0 radical (unpaired) electrons. The molecule has 2 heterocycles. The lowest BCUT2D eigenvalue weighted by molar-refractivity contribution is 0.188. The van der Waals surface area contributed by atoms with Crippen molar-refractivity contribution in [2.45, 2.75) is 32.4 Å². The zero-order chi connectivity index (χ0) is 17.0. The summed E-state index contributed by atoms with van der Waals surface area (Å²) in [5, 5.41) is 8.19. The highest BCUT2D eigenvalue weighted by molar-refractivity contribution is 7.89. The highest BCUT2D eigenvalue weighted by atomic mass is 32.2. The van der Waals surface area contributed by atoms with Gasteiger partial charge in [-0.15, -0.1) is 5.10 Å². The SMILES string of the molecule is CCCCS(=O)(=O)N1CC(n2cc(COc3ccccc3)nn2)C1. The van der Waals surface area contributed by atoms with Crippen LogP contribution < -0.4 is 4.74 Å². The Morgan fingerprint density at radius 3 is 2.71 bits per heavy atom. The lowest BCUT2D eigenvalue weighted by atomic mass is 10.2. The number of benzene rings is 1. The largest absolute Gasteiger partial charge is 0.487 e. The molecule has 1 aromatic heterocycles. The molecule has 1 saturated heterocycles. The molecule has 130 valence electrons. The van der Waals surface area contributed by atoms with Crippen LogP contribution in [0.25, 0.3) is 0 Å². The predicted molar refractivity (Wildman–Crippen MR) is 90.1 cm³/mol. The lowest BCUT2D eigenvalue weighted by Gasteiger charge is -2.37. The summed E-state index contributed by atoms with van der Waals surface area (Å²) in [4.78, 5) is 0. The highest BCUT2D eigenvalue weighted by Crippen LogP contribution is 2.24. The van der Waals surface area contributed by atoms with Gasteiger partial charge in [0.1, 0.15) is 18.1 Å². The molecule has 0 atom stereocenters. The number of unbranched alkanes of at least 4 members (excludes halogenated alkanes) is 1. The zero-order valence-corrected chi connectivity index (χ0v) is 14.5. The molecule has 1 aliphatic rings. The standard InChI is InChI=1S/C16H22N4O3S/c1-2-3-9-24(21,22)19-11-15(12-19)20-10-14(17-18-20)13-23-16-7-5-4-6-8-16/h4-8,10,15H,2-3,9,11-13H2,1H3. The number of para-hydroxylation sites is 1. The summed E-state index contributed by atoms with van der Waals surface area (Å²) in [5.41, 5.74) is 0.728. The van der Waals surface area contributed by atoms with Crippen molar-refractivity contribution < 1.29 is 13.2 Å². The van der Waals surface area contributed by atoms with Gasteiger partial charge in [0.25, 0.3) is 0 Å². The van der Waals surface area contributed by atoms with Crippen LogP contribution in [0.4, 0.5) is 0 Å². The van der Waals surface area contributed by atoms with Gasteiger partial charge < -0.3 is 4.74 Å². The third-order valence-corrected chi connectivity index (χ3v) is 5.93. The third kappa shape index (κ3) is 3.93. The summed E-state index contributed by atoms with van der Waals surface area (Å²) in [6.45, 7) is 3.26. The van der Waals surface area contributed by atoms with E-state index < -0.39 is 10.0 Å². The molecule has 1 fully saturated rings. The molecule has 0 unspecified atom stereocenters. The van der Waals surface area contributed by atoms with Gasteiger partial charge in [0.2, 0.25) is 10.0 Å². The van der Waals surface area contributed by atoms with E-state index in [0.717, 1.165) is 17.9 Å². The van der Waals surface area contributed by atoms with Crippen LogP contribution in [0.2, 0.25) is 0 Å². The van der Waals surface area contributed by atoms with Gasteiger partial charge in [-0.2, -0.15) is 4.31 Å². The third-order valence-electron chi connectivity index (χ3n) is 4.04. The second-order valence-electron chi connectivity index (χ2n) is 5.93. The Hall–Kier alpha value is -1.93. The van der Waals surface area contributed by atoms with Gasteiger partial charge >= 0.3 is 0 Å². The minimum Gasteiger partial charge on any atom is -0.487 e. The quantitative estimate of drug-likeness (QED) is 0.726. The fourth-order valence-corrected chi connectivity index (χ4v) is 4.21. The molecule has 1 aliphatic heterocycles. The second-order valence-corrected chi connectivity index (χ2v) is 8.02. The van der Waals surface area contributed by atoms with Crippen molar-refractivity contribution in [3.05, 3.63) is 42.2 Å². The Balaban J connectivity index is 1.50. The van der Waals surface area contributed by atoms with Gasteiger partial charge in [-0.05, 0) is 18.6 Å². The summed E-state index contributed by atoms with van der Waals surface area (Å²) >= 11 is 0. The number of nitrogens with zero attached hydrogens (tertiary/aromatic N) is 4. The smallest absolute Gasteiger partial charge is 0.214 e. The van der Waals surface area contributed by atoms with Crippen LogP contribution in [-0.2, 0) is 16.6 Å². The molecule has 0 N–H and O–H groups in total. The van der Waals surface area contributed by atoms with Crippen LogP contribution >= 0.6 is 0 Å². The Labute approximate surface area is 142 Å². The van der Waals surface area contributed by atoms with E-state index in [4.69, 9.17) is 4.74 Å². The topological polar surface area (TPSA) is 77.3 Å². The van der Waals surface area contributed by atoms with E-state index in [1.54, 1.807) is 4.68 Å². The fraction of sp³-hybridized carbons (Fsp3) is 0.500. The number of ether oxygens (including phenoxy) is 1. The van der Waals surface area contributed by atoms with Crippen LogP contribution in [-0.4, -0.2) is 46.6 Å². The van der Waals surface area contributed by atoms with Crippen molar-refractivity contribution >= 4 is 10.0 Å². The van der Waals surface area contributed by atoms with Crippen molar-refractivity contribution in [3.63, 3.8) is 0 Å². The maximum atomic E-state index is 12.1. The van der Waals surface area contributed by atoms with Gasteiger partial charge in [0, 0.05) is 13.1 Å². The van der Waals surface area contributed by atoms with E-state index >= 15 is 0 Å². The first-order chi connectivity index (χ1) is 11.6. The molecule has 0 bridgehead atoms. The lowest BCUT2D eigenvalue weighted by Crippen LogP contribution is -2.51. The molecule has 3 rings (SSSR count). The first kappa shape index (κ1) is 16.9. The van der Waals surface area contributed by atoms with Crippen molar-refractivity contribution in [2.75, 3.05) is 18.8 Å². The summed E-state index contributed by atoms with van der Waals surface area (Å²) < 4.78 is 33.0. The van der Waals surface area contributed by atoms with E-state index in [1.165, 1.54) is 4.31 Å². The van der Waals surface area contributed by atoms with E-state index in [9.17, 15) is 8.42 Å². The minimum atomic E-state index is -3.12. The van der Waals surface area contributed by atoms with Crippen LogP contribution in [0, 0.1) is 0 Å². The molecule has 7 nitrogen and oxygen atoms in total. The van der Waals surface area contributed by atoms with Crippen LogP contribution in [0.1, 0.15) is 31.5 Å². The van der Waals surface area contributed by atoms with Crippen LogP contribution in [0.3, 0.4) is 0 Å². The number of rotatable bonds is 8. The molecule has 1 aromatic carbocycles. The maximum absolute atomic E-state index is 12.1. The van der Waals surface area contributed by atoms with Gasteiger partial charge in [-0.1, -0.05) is 36.8 Å². The number of aromatic nitrogens is 3. The monoisotopic (exact) mass is 350 g/mol. The first-order valence-corrected chi connectivity index (χ1v) is 9.76. The van der Waals surface area contributed by atoms with E-state index in [1.807, 2.05) is 43.5 Å². The summed E-state index contributed by atoms with van der Waals surface area (Å²) in [7, 11) is -3.12. The Bertz CT molecular complexity index is 755. The summed E-state index contributed by atoms with van der Waals surface area (Å²) in [6, 6.07) is 9.58. The average molecular weight is 350 g/mol. The maximum Gasteiger partial charge on any atom is 0.214 e. The molecular weight excluding hydrogens is 328 g/mol. The number of hydrogen-bond donors (Lipinski definition) is 0. The molecule has 0 spiro atoms. The first-order valence-electron chi connectivity index (χ1n) is 8.15.